The van der Waals surface area contributed by atoms with Gasteiger partial charge in [-0.3, -0.25) is 9.59 Å². The molecule has 4 rings (SSSR count). The van der Waals surface area contributed by atoms with Crippen LogP contribution in [0.2, 0.25) is 0 Å². The molecule has 1 aliphatic carbocycles. The number of rotatable bonds is 10. The van der Waals surface area contributed by atoms with E-state index in [9.17, 15) is 23.3 Å². The maximum absolute atomic E-state index is 14.5. The number of ketones is 1. The third-order valence-electron chi connectivity index (χ3n) is 7.03. The van der Waals surface area contributed by atoms with E-state index in [1.807, 2.05) is 32.9 Å². The summed E-state index contributed by atoms with van der Waals surface area (Å²) in [6.07, 6.45) is 2.64. The summed E-state index contributed by atoms with van der Waals surface area (Å²) in [5, 5.41) is 13.7. The van der Waals surface area contributed by atoms with Gasteiger partial charge in [-0.05, 0) is 56.8 Å². The second kappa shape index (κ2) is 11.6. The van der Waals surface area contributed by atoms with Gasteiger partial charge in [-0.15, -0.1) is 11.8 Å². The van der Waals surface area contributed by atoms with Crippen molar-refractivity contribution in [3.63, 3.8) is 0 Å². The highest BCUT2D eigenvalue weighted by Crippen LogP contribution is 2.55. The minimum atomic E-state index is -4.31. The lowest BCUT2D eigenvalue weighted by molar-refractivity contribution is -0.121. The molecular weight excluding hydrogens is 520 g/mol. The number of sulfonamides is 1. The Morgan fingerprint density at radius 3 is 2.42 bits per heavy atom. The van der Waals surface area contributed by atoms with Gasteiger partial charge in [0.2, 0.25) is 5.91 Å². The number of nitrogens with one attached hydrogen (secondary N) is 1. The first-order valence-corrected chi connectivity index (χ1v) is 15.5. The lowest BCUT2D eigenvalue weighted by Crippen LogP contribution is -2.48. The van der Waals surface area contributed by atoms with Gasteiger partial charge in [-0.1, -0.05) is 51.1 Å². The van der Waals surface area contributed by atoms with Crippen molar-refractivity contribution in [1.82, 2.24) is 10.3 Å². The molecule has 202 valence electrons. The molecule has 1 saturated carbocycles. The summed E-state index contributed by atoms with van der Waals surface area (Å²) >= 11 is 1.32. The Bertz CT molecular complexity index is 1340. The number of amides is 1. The average molecular weight is 555 g/mol. The summed E-state index contributed by atoms with van der Waals surface area (Å²) in [6.45, 7) is 6.99. The summed E-state index contributed by atoms with van der Waals surface area (Å²) in [4.78, 5) is 31.7. The van der Waals surface area contributed by atoms with Gasteiger partial charge in [0, 0.05) is 17.6 Å². The van der Waals surface area contributed by atoms with E-state index in [2.05, 4.69) is 10.3 Å². The Labute approximate surface area is 229 Å². The quantitative estimate of drug-likeness (QED) is 0.329. The topological polar surface area (TPSA) is 120 Å². The van der Waals surface area contributed by atoms with E-state index in [1.165, 1.54) is 17.8 Å². The number of nitrogens with zero attached hydrogens (tertiary/aromatic N) is 3. The molecule has 1 amide bonds. The van der Waals surface area contributed by atoms with Gasteiger partial charge < -0.3 is 5.32 Å². The van der Waals surface area contributed by atoms with Crippen molar-refractivity contribution in [1.29, 1.82) is 5.26 Å². The predicted molar refractivity (Wildman–Crippen MR) is 149 cm³/mol. The molecule has 0 spiro atoms. The molecule has 1 saturated heterocycles. The highest BCUT2D eigenvalue weighted by Gasteiger charge is 2.60. The summed E-state index contributed by atoms with van der Waals surface area (Å²) < 4.78 is 28.5. The normalized spacial score (nSPS) is 17.1. The molecule has 2 fully saturated rings. The first-order valence-electron chi connectivity index (χ1n) is 13.2. The van der Waals surface area contributed by atoms with Crippen LogP contribution in [-0.4, -0.2) is 43.4 Å². The number of anilines is 1. The van der Waals surface area contributed by atoms with Crippen LogP contribution >= 0.6 is 11.8 Å². The monoisotopic (exact) mass is 554 g/mol. The second-order valence-electron chi connectivity index (χ2n) is 10.2. The maximum Gasteiger partial charge on any atom is 0.252 e. The number of piperidine rings is 1. The Kier molecular flexibility index (Phi) is 8.60. The zero-order valence-corrected chi connectivity index (χ0v) is 23.7. The Hall–Kier alpha value is -2.74. The van der Waals surface area contributed by atoms with E-state index in [0.29, 0.717) is 61.3 Å². The molecule has 1 aromatic carbocycles. The molecule has 2 aromatic rings. The predicted octanol–water partition coefficient (Wildman–Crippen LogP) is 4.79. The lowest BCUT2D eigenvalue weighted by Gasteiger charge is -2.32. The second-order valence-corrected chi connectivity index (χ2v) is 13.8. The standard InChI is InChI=1S/C28H34N4O4S2/c1-4-8-24(33)23-17-21(18-29)25(31-26(23)37-19(2)3)32(27(34)20-11-15-30-16-12-20)38(35,36)28(13-14-28)22-9-6-5-7-10-22/h5-7,9-10,17,19-20,30H,4,8,11-16H2,1-3H3. The summed E-state index contributed by atoms with van der Waals surface area (Å²) in [7, 11) is -4.31. The van der Waals surface area contributed by atoms with Crippen molar-refractivity contribution in [2.75, 3.05) is 17.4 Å². The zero-order chi connectivity index (χ0) is 27.5. The number of Topliss-reactive ketones (excluding diaryl/α,β-unsaturated/α-hetero) is 1. The molecule has 2 aliphatic rings. The fourth-order valence-corrected chi connectivity index (χ4v) is 7.94. The van der Waals surface area contributed by atoms with Gasteiger partial charge in [0.1, 0.15) is 15.8 Å². The fourth-order valence-electron chi connectivity index (χ4n) is 4.90. The molecule has 0 atom stereocenters. The highest BCUT2D eigenvalue weighted by atomic mass is 32.2. The summed E-state index contributed by atoms with van der Waals surface area (Å²) in [5.74, 6) is -1.44. The van der Waals surface area contributed by atoms with Gasteiger partial charge in [-0.25, -0.2) is 13.4 Å². The molecule has 38 heavy (non-hydrogen) atoms. The Balaban J connectivity index is 1.93. The molecule has 10 heteroatoms. The number of thioether (sulfide) groups is 1. The van der Waals surface area contributed by atoms with Crippen LogP contribution in [0, 0.1) is 17.2 Å². The molecule has 0 unspecified atom stereocenters. The van der Waals surface area contributed by atoms with Crippen molar-refractivity contribution < 1.29 is 18.0 Å². The number of pyridine rings is 1. The fraction of sp³-hybridized carbons (Fsp3) is 0.500. The highest BCUT2D eigenvalue weighted by molar-refractivity contribution is 7.99. The number of hydrogen-bond donors (Lipinski definition) is 1. The van der Waals surface area contributed by atoms with E-state index >= 15 is 0 Å². The molecule has 8 nitrogen and oxygen atoms in total. The largest absolute Gasteiger partial charge is 0.317 e. The lowest BCUT2D eigenvalue weighted by atomic mass is 9.97. The van der Waals surface area contributed by atoms with Gasteiger partial charge in [-0.2, -0.15) is 9.57 Å². The van der Waals surface area contributed by atoms with Crippen LogP contribution in [0.4, 0.5) is 5.82 Å². The SMILES string of the molecule is CCCC(=O)c1cc(C#N)c(N(C(=O)C2CCNCC2)S(=O)(=O)C2(c3ccccc3)CC2)nc1SC(C)C. The third kappa shape index (κ3) is 5.37. The zero-order valence-electron chi connectivity index (χ0n) is 22.1. The molecule has 1 N–H and O–H groups in total. The average Bonchev–Trinajstić information content (AvgIpc) is 3.72. The van der Waals surface area contributed by atoms with Crippen molar-refractivity contribution in [2.45, 2.75) is 74.3 Å². The number of carbonyl (C=O) groups is 2. The molecule has 2 heterocycles. The first kappa shape index (κ1) is 28.3. The minimum Gasteiger partial charge on any atom is -0.317 e. The van der Waals surface area contributed by atoms with Gasteiger partial charge in [0.05, 0.1) is 11.1 Å². The van der Waals surface area contributed by atoms with Crippen molar-refractivity contribution in [3.8, 4) is 6.07 Å². The number of benzene rings is 1. The minimum absolute atomic E-state index is 0.0423. The molecule has 0 radical (unpaired) electrons. The van der Waals surface area contributed by atoms with Crippen LogP contribution in [0.25, 0.3) is 0 Å². The molecule has 1 aliphatic heterocycles. The number of aromatic nitrogens is 1. The van der Waals surface area contributed by atoms with Crippen LogP contribution in [0.15, 0.2) is 41.4 Å². The van der Waals surface area contributed by atoms with Gasteiger partial charge in [0.25, 0.3) is 10.0 Å². The van der Waals surface area contributed by atoms with Crippen LogP contribution < -0.4 is 9.62 Å². The molecular formula is C28H34N4O4S2. The van der Waals surface area contributed by atoms with Crippen LogP contribution in [0.3, 0.4) is 0 Å². The maximum atomic E-state index is 14.5. The van der Waals surface area contributed by atoms with E-state index in [1.54, 1.807) is 24.3 Å². The van der Waals surface area contributed by atoms with Gasteiger partial charge in [0.15, 0.2) is 11.6 Å². The number of hydrogen-bond acceptors (Lipinski definition) is 8. The van der Waals surface area contributed by atoms with E-state index < -0.39 is 26.6 Å². The van der Waals surface area contributed by atoms with E-state index in [4.69, 9.17) is 0 Å². The Morgan fingerprint density at radius 2 is 1.87 bits per heavy atom. The number of carbonyl (C=O) groups excluding carboxylic acids is 2. The van der Waals surface area contributed by atoms with Crippen molar-refractivity contribution in [3.05, 3.63) is 53.1 Å². The van der Waals surface area contributed by atoms with E-state index in [0.717, 1.165) is 4.31 Å². The smallest absolute Gasteiger partial charge is 0.252 e. The van der Waals surface area contributed by atoms with Gasteiger partial charge >= 0.3 is 0 Å². The molecule has 0 bridgehead atoms. The van der Waals surface area contributed by atoms with Crippen molar-refractivity contribution >= 4 is 39.3 Å². The molecule has 1 aromatic heterocycles. The number of nitriles is 1. The van der Waals surface area contributed by atoms with Crippen LogP contribution in [0.5, 0.6) is 0 Å². The van der Waals surface area contributed by atoms with Crippen LogP contribution in [0.1, 0.15) is 80.8 Å². The van der Waals surface area contributed by atoms with E-state index in [-0.39, 0.29) is 28.8 Å². The first-order chi connectivity index (χ1) is 18.2. The third-order valence-corrected chi connectivity index (χ3v) is 10.5. The van der Waals surface area contributed by atoms with Crippen molar-refractivity contribution in [2.24, 2.45) is 5.92 Å². The Morgan fingerprint density at radius 1 is 1.21 bits per heavy atom. The van der Waals surface area contributed by atoms with Crippen LogP contribution in [-0.2, 0) is 19.6 Å². The summed E-state index contributed by atoms with van der Waals surface area (Å²) in [6, 6.07) is 12.4. The summed E-state index contributed by atoms with van der Waals surface area (Å²) in [5.41, 5.74) is 0.821.